The van der Waals surface area contributed by atoms with Gasteiger partial charge in [0.1, 0.15) is 0 Å². The van der Waals surface area contributed by atoms with Crippen LogP contribution in [-0.4, -0.2) is 19.8 Å². The zero-order chi connectivity index (χ0) is 13.1. The van der Waals surface area contributed by atoms with Crippen molar-refractivity contribution in [2.75, 3.05) is 5.33 Å². The molecule has 1 rings (SSSR count). The van der Waals surface area contributed by atoms with Crippen molar-refractivity contribution >= 4 is 26.0 Å². The number of aryl methyl sites for hydroxylation is 1. The van der Waals surface area contributed by atoms with Crippen LogP contribution >= 0.6 is 15.9 Å². The molecule has 1 N–H and O–H groups in total. The summed E-state index contributed by atoms with van der Waals surface area (Å²) in [6.45, 7) is 5.86. The van der Waals surface area contributed by atoms with Crippen molar-refractivity contribution in [1.29, 1.82) is 0 Å². The number of hydrogen-bond acceptors (Lipinski definition) is 2. The van der Waals surface area contributed by atoms with Crippen molar-refractivity contribution < 1.29 is 8.42 Å². The van der Waals surface area contributed by atoms with Gasteiger partial charge in [-0.05, 0) is 30.5 Å². The minimum Gasteiger partial charge on any atom is -0.207 e. The summed E-state index contributed by atoms with van der Waals surface area (Å²) in [5, 5.41) is 0.607. The SMILES string of the molecule is Cc1cccc(S(=O)(=O)NC(CBr)C(C)C)c1. The number of alkyl halides is 1. The molecule has 0 spiro atoms. The first-order chi connectivity index (χ1) is 7.86. The molecule has 0 aliphatic heterocycles. The van der Waals surface area contributed by atoms with Gasteiger partial charge >= 0.3 is 0 Å². The Labute approximate surface area is 112 Å². The van der Waals surface area contributed by atoms with Gasteiger partial charge in [-0.1, -0.05) is 41.9 Å². The van der Waals surface area contributed by atoms with E-state index in [1.807, 2.05) is 26.8 Å². The lowest BCUT2D eigenvalue weighted by molar-refractivity contribution is 0.484. The number of hydrogen-bond donors (Lipinski definition) is 1. The highest BCUT2D eigenvalue weighted by Gasteiger charge is 2.21. The molecule has 1 aromatic rings. The summed E-state index contributed by atoms with van der Waals surface area (Å²) in [6.07, 6.45) is 0. The second-order valence-electron chi connectivity index (χ2n) is 4.44. The molecular weight excluding hydrogens is 302 g/mol. The predicted octanol–water partition coefficient (Wildman–Crippen LogP) is 2.69. The Hall–Kier alpha value is -0.390. The maximum Gasteiger partial charge on any atom is 0.240 e. The predicted molar refractivity (Wildman–Crippen MR) is 73.9 cm³/mol. The summed E-state index contributed by atoms with van der Waals surface area (Å²) in [4.78, 5) is 0.323. The lowest BCUT2D eigenvalue weighted by Gasteiger charge is -2.19. The molecule has 0 aliphatic rings. The minimum absolute atomic E-state index is 0.0967. The van der Waals surface area contributed by atoms with Crippen LogP contribution in [0.3, 0.4) is 0 Å². The first-order valence-corrected chi connectivity index (χ1v) is 8.12. The molecule has 0 bridgehead atoms. The number of rotatable bonds is 5. The van der Waals surface area contributed by atoms with Crippen molar-refractivity contribution in [2.24, 2.45) is 5.92 Å². The molecule has 0 amide bonds. The molecule has 0 aromatic heterocycles. The molecule has 0 radical (unpaired) electrons. The number of nitrogens with one attached hydrogen (secondary N) is 1. The largest absolute Gasteiger partial charge is 0.240 e. The third-order valence-corrected chi connectivity index (χ3v) is 4.76. The van der Waals surface area contributed by atoms with Crippen molar-refractivity contribution in [3.8, 4) is 0 Å². The molecule has 1 aromatic carbocycles. The summed E-state index contributed by atoms with van der Waals surface area (Å²) in [7, 11) is -3.42. The van der Waals surface area contributed by atoms with Crippen LogP contribution in [0.1, 0.15) is 19.4 Å². The fourth-order valence-corrected chi connectivity index (χ4v) is 4.01. The Balaban J connectivity index is 2.96. The van der Waals surface area contributed by atoms with Crippen LogP contribution in [-0.2, 0) is 10.0 Å². The van der Waals surface area contributed by atoms with Gasteiger partial charge in [0.2, 0.25) is 10.0 Å². The van der Waals surface area contributed by atoms with Gasteiger partial charge in [-0.3, -0.25) is 0 Å². The number of benzene rings is 1. The van der Waals surface area contributed by atoms with Gasteiger partial charge in [-0.25, -0.2) is 13.1 Å². The molecule has 0 saturated heterocycles. The summed E-state index contributed by atoms with van der Waals surface area (Å²) >= 11 is 3.33. The highest BCUT2D eigenvalue weighted by Crippen LogP contribution is 2.14. The summed E-state index contributed by atoms with van der Waals surface area (Å²) in [6, 6.07) is 6.82. The van der Waals surface area contributed by atoms with E-state index in [-0.39, 0.29) is 12.0 Å². The molecule has 0 saturated carbocycles. The molecule has 5 heteroatoms. The van der Waals surface area contributed by atoms with E-state index in [0.29, 0.717) is 10.2 Å². The normalized spacial score (nSPS) is 13.9. The first-order valence-electron chi connectivity index (χ1n) is 5.52. The third-order valence-electron chi connectivity index (χ3n) is 2.58. The van der Waals surface area contributed by atoms with E-state index in [1.54, 1.807) is 18.2 Å². The molecule has 1 unspecified atom stereocenters. The maximum atomic E-state index is 12.1. The fourth-order valence-electron chi connectivity index (χ4n) is 1.40. The molecular formula is C12H18BrNO2S. The molecule has 0 heterocycles. The standard InChI is InChI=1S/C12H18BrNO2S/c1-9(2)12(8-13)14-17(15,16)11-6-4-5-10(3)7-11/h4-7,9,12,14H,8H2,1-3H3. The van der Waals surface area contributed by atoms with Gasteiger partial charge in [0.05, 0.1) is 4.90 Å². The van der Waals surface area contributed by atoms with Gasteiger partial charge < -0.3 is 0 Å². The highest BCUT2D eigenvalue weighted by molar-refractivity contribution is 9.09. The maximum absolute atomic E-state index is 12.1. The van der Waals surface area contributed by atoms with Gasteiger partial charge in [-0.2, -0.15) is 0 Å². The van der Waals surface area contributed by atoms with Crippen molar-refractivity contribution in [1.82, 2.24) is 4.72 Å². The molecule has 0 fully saturated rings. The van der Waals surface area contributed by atoms with E-state index in [9.17, 15) is 8.42 Å². The van der Waals surface area contributed by atoms with Crippen LogP contribution in [0, 0.1) is 12.8 Å². The average Bonchev–Trinajstić information content (AvgIpc) is 2.25. The van der Waals surface area contributed by atoms with Crippen LogP contribution in [0.25, 0.3) is 0 Å². The zero-order valence-corrected chi connectivity index (χ0v) is 12.7. The Morgan fingerprint density at radius 2 is 2.00 bits per heavy atom. The summed E-state index contributed by atoms with van der Waals surface area (Å²) in [5.41, 5.74) is 0.938. The molecule has 17 heavy (non-hydrogen) atoms. The van der Waals surface area contributed by atoms with E-state index in [4.69, 9.17) is 0 Å². The monoisotopic (exact) mass is 319 g/mol. The van der Waals surface area contributed by atoms with Gasteiger partial charge in [-0.15, -0.1) is 0 Å². The molecule has 0 aliphatic carbocycles. The van der Waals surface area contributed by atoms with E-state index in [2.05, 4.69) is 20.7 Å². The second-order valence-corrected chi connectivity index (χ2v) is 6.80. The third kappa shape index (κ3) is 4.08. The van der Waals surface area contributed by atoms with Crippen LogP contribution in [0.5, 0.6) is 0 Å². The molecule has 3 nitrogen and oxygen atoms in total. The van der Waals surface area contributed by atoms with E-state index >= 15 is 0 Å². The van der Waals surface area contributed by atoms with E-state index in [1.165, 1.54) is 0 Å². The first kappa shape index (κ1) is 14.7. The van der Waals surface area contributed by atoms with E-state index in [0.717, 1.165) is 5.56 Å². The lowest BCUT2D eigenvalue weighted by atomic mass is 10.1. The Kier molecular flexibility index (Phi) is 5.16. The Morgan fingerprint density at radius 3 is 2.47 bits per heavy atom. The lowest BCUT2D eigenvalue weighted by Crippen LogP contribution is -2.39. The summed E-state index contributed by atoms with van der Waals surface area (Å²) in [5.74, 6) is 0.244. The summed E-state index contributed by atoms with van der Waals surface area (Å²) < 4.78 is 27.0. The highest BCUT2D eigenvalue weighted by atomic mass is 79.9. The molecule has 96 valence electrons. The Morgan fingerprint density at radius 1 is 1.35 bits per heavy atom. The fraction of sp³-hybridized carbons (Fsp3) is 0.500. The smallest absolute Gasteiger partial charge is 0.207 e. The quantitative estimate of drug-likeness (QED) is 0.848. The topological polar surface area (TPSA) is 46.2 Å². The van der Waals surface area contributed by atoms with Crippen LogP contribution in [0.2, 0.25) is 0 Å². The number of halogens is 1. The van der Waals surface area contributed by atoms with Crippen molar-refractivity contribution in [2.45, 2.75) is 31.7 Å². The number of sulfonamides is 1. The Bertz CT molecular complexity index is 471. The molecule has 1 atom stereocenters. The van der Waals surface area contributed by atoms with Crippen molar-refractivity contribution in [3.63, 3.8) is 0 Å². The van der Waals surface area contributed by atoms with Gasteiger partial charge in [0.25, 0.3) is 0 Å². The zero-order valence-electron chi connectivity index (χ0n) is 10.3. The van der Waals surface area contributed by atoms with Crippen LogP contribution in [0.15, 0.2) is 29.2 Å². The van der Waals surface area contributed by atoms with E-state index < -0.39 is 10.0 Å². The van der Waals surface area contributed by atoms with Crippen molar-refractivity contribution in [3.05, 3.63) is 29.8 Å². The van der Waals surface area contributed by atoms with Crippen LogP contribution in [0.4, 0.5) is 0 Å². The van der Waals surface area contributed by atoms with Crippen LogP contribution < -0.4 is 4.72 Å². The second kappa shape index (κ2) is 5.98. The average molecular weight is 320 g/mol. The minimum atomic E-state index is -3.42. The van der Waals surface area contributed by atoms with Gasteiger partial charge in [0.15, 0.2) is 0 Å². The van der Waals surface area contributed by atoms with Gasteiger partial charge in [0, 0.05) is 11.4 Å².